The molecule has 2 aliphatic heterocycles. The van der Waals surface area contributed by atoms with E-state index >= 15 is 0 Å². The minimum atomic E-state index is -0.211. The molecule has 0 aliphatic carbocycles. The topological polar surface area (TPSA) is 42.3 Å². The van der Waals surface area contributed by atoms with Crippen molar-refractivity contribution in [3.63, 3.8) is 0 Å². The molecule has 25 heavy (non-hydrogen) atoms. The maximum Gasteiger partial charge on any atom is 0.125 e. The van der Waals surface area contributed by atoms with Gasteiger partial charge in [-0.05, 0) is 44.0 Å². The van der Waals surface area contributed by atoms with Crippen molar-refractivity contribution in [2.45, 2.75) is 37.5 Å². The number of nitrogens with zero attached hydrogens (tertiary/aromatic N) is 3. The molecule has 2 aromatic rings. The van der Waals surface area contributed by atoms with Crippen molar-refractivity contribution in [2.75, 3.05) is 25.0 Å². The number of nitrogens with one attached hydrogen (secondary N) is 1. The van der Waals surface area contributed by atoms with Crippen LogP contribution in [-0.2, 0) is 18.3 Å². The minimum Gasteiger partial charge on any atom is -0.380 e. The van der Waals surface area contributed by atoms with E-state index in [2.05, 4.69) is 19.8 Å². The van der Waals surface area contributed by atoms with Crippen LogP contribution in [0.2, 0.25) is 0 Å². The molecule has 2 fully saturated rings. The van der Waals surface area contributed by atoms with Gasteiger partial charge >= 0.3 is 0 Å². The summed E-state index contributed by atoms with van der Waals surface area (Å²) in [7, 11) is 2.03. The van der Waals surface area contributed by atoms with E-state index in [1.165, 1.54) is 6.07 Å². The molecule has 2 unspecified atom stereocenters. The summed E-state index contributed by atoms with van der Waals surface area (Å²) in [6, 6.07) is 6.88. The zero-order valence-corrected chi connectivity index (χ0v) is 14.6. The normalized spacial score (nSPS) is 27.0. The van der Waals surface area contributed by atoms with Crippen LogP contribution in [0, 0.1) is 5.82 Å². The number of halogens is 1. The van der Waals surface area contributed by atoms with E-state index < -0.39 is 0 Å². The minimum absolute atomic E-state index is 0.0889. The van der Waals surface area contributed by atoms with Crippen molar-refractivity contribution in [3.8, 4) is 0 Å². The van der Waals surface area contributed by atoms with E-state index in [0.717, 1.165) is 50.4 Å². The van der Waals surface area contributed by atoms with E-state index in [1.54, 1.807) is 12.1 Å². The molecule has 6 heteroatoms. The quantitative estimate of drug-likeness (QED) is 0.926. The first-order chi connectivity index (χ1) is 12.1. The second kappa shape index (κ2) is 6.77. The Balaban J connectivity index is 1.38. The van der Waals surface area contributed by atoms with Crippen molar-refractivity contribution < 1.29 is 9.13 Å². The van der Waals surface area contributed by atoms with Gasteiger partial charge in [-0.25, -0.2) is 9.37 Å². The zero-order valence-electron chi connectivity index (χ0n) is 14.6. The Kier molecular flexibility index (Phi) is 4.48. The lowest BCUT2D eigenvalue weighted by molar-refractivity contribution is -0.0539. The van der Waals surface area contributed by atoms with Crippen LogP contribution >= 0.6 is 0 Å². The van der Waals surface area contributed by atoms with E-state index in [4.69, 9.17) is 4.74 Å². The number of piperidine rings is 1. The molecular formula is C19H25FN4O. The third-order valence-electron chi connectivity index (χ3n) is 5.31. The number of likely N-dealkylation sites (tertiary alicyclic amines) is 1. The summed E-state index contributed by atoms with van der Waals surface area (Å²) in [4.78, 5) is 6.88. The predicted molar refractivity (Wildman–Crippen MR) is 94.8 cm³/mol. The average molecular weight is 344 g/mol. The van der Waals surface area contributed by atoms with Gasteiger partial charge in [-0.2, -0.15) is 0 Å². The lowest BCUT2D eigenvalue weighted by Gasteiger charge is -2.39. The fraction of sp³-hybridized carbons (Fsp3) is 0.526. The van der Waals surface area contributed by atoms with Gasteiger partial charge in [0.05, 0.1) is 24.8 Å². The molecule has 2 atom stereocenters. The van der Waals surface area contributed by atoms with Gasteiger partial charge in [-0.3, -0.25) is 4.90 Å². The Bertz CT molecular complexity index is 734. The van der Waals surface area contributed by atoms with Crippen LogP contribution in [0.15, 0.2) is 36.7 Å². The smallest absolute Gasteiger partial charge is 0.125 e. The first kappa shape index (κ1) is 16.5. The first-order valence-corrected chi connectivity index (χ1v) is 8.97. The average Bonchev–Trinajstić information content (AvgIpc) is 3.15. The van der Waals surface area contributed by atoms with Crippen molar-refractivity contribution in [1.82, 2.24) is 14.5 Å². The molecule has 0 bridgehead atoms. The van der Waals surface area contributed by atoms with Crippen molar-refractivity contribution >= 4 is 5.69 Å². The summed E-state index contributed by atoms with van der Waals surface area (Å²) in [5, 5.41) is 3.42. The fourth-order valence-corrected chi connectivity index (χ4v) is 4.11. The van der Waals surface area contributed by atoms with Gasteiger partial charge in [0.15, 0.2) is 0 Å². The number of hydrogen-bond acceptors (Lipinski definition) is 4. The lowest BCUT2D eigenvalue weighted by Crippen LogP contribution is -2.48. The largest absolute Gasteiger partial charge is 0.380 e. The highest BCUT2D eigenvalue weighted by Gasteiger charge is 2.43. The maximum absolute atomic E-state index is 13.4. The number of anilines is 1. The summed E-state index contributed by atoms with van der Waals surface area (Å²) < 4.78 is 21.7. The van der Waals surface area contributed by atoms with Crippen LogP contribution in [0.25, 0.3) is 0 Å². The van der Waals surface area contributed by atoms with Gasteiger partial charge in [0.1, 0.15) is 11.6 Å². The number of hydrogen-bond donors (Lipinski definition) is 1. The molecule has 0 radical (unpaired) electrons. The highest BCUT2D eigenvalue weighted by Crippen LogP contribution is 2.36. The highest BCUT2D eigenvalue weighted by molar-refractivity contribution is 5.44. The summed E-state index contributed by atoms with van der Waals surface area (Å²) in [6.45, 7) is 3.55. The molecule has 134 valence electrons. The second-order valence-electron chi connectivity index (χ2n) is 7.32. The molecule has 1 N–H and O–H groups in total. The second-order valence-corrected chi connectivity index (χ2v) is 7.32. The van der Waals surface area contributed by atoms with Gasteiger partial charge < -0.3 is 14.6 Å². The summed E-state index contributed by atoms with van der Waals surface area (Å²) >= 11 is 0. The monoisotopic (exact) mass is 344 g/mol. The van der Waals surface area contributed by atoms with Gasteiger partial charge in [0, 0.05) is 31.7 Å². The van der Waals surface area contributed by atoms with E-state index in [9.17, 15) is 4.39 Å². The van der Waals surface area contributed by atoms with E-state index in [1.807, 2.05) is 25.5 Å². The van der Waals surface area contributed by atoms with E-state index in [-0.39, 0.29) is 17.5 Å². The first-order valence-electron chi connectivity index (χ1n) is 8.97. The highest BCUT2D eigenvalue weighted by atomic mass is 19.1. The Labute approximate surface area is 147 Å². The Morgan fingerprint density at radius 2 is 2.36 bits per heavy atom. The van der Waals surface area contributed by atoms with Crippen molar-refractivity contribution in [3.05, 3.63) is 48.3 Å². The van der Waals surface area contributed by atoms with Gasteiger partial charge in [-0.1, -0.05) is 6.07 Å². The predicted octanol–water partition coefficient (Wildman–Crippen LogP) is 2.79. The molecule has 2 aliphatic rings. The SMILES string of the molecule is Cn1ccnc1CN1CCCC2(CC(Nc3cccc(F)c3)CO2)C1. The molecule has 1 aromatic heterocycles. The van der Waals surface area contributed by atoms with Crippen LogP contribution in [0.4, 0.5) is 10.1 Å². The summed E-state index contributed by atoms with van der Waals surface area (Å²) in [5.74, 6) is 0.877. The third kappa shape index (κ3) is 3.70. The molecule has 0 saturated carbocycles. The molecule has 0 amide bonds. The number of aryl methyl sites for hydroxylation is 1. The van der Waals surface area contributed by atoms with Crippen LogP contribution in [0.1, 0.15) is 25.1 Å². The molecule has 1 aromatic carbocycles. The zero-order chi connectivity index (χ0) is 17.3. The molecule has 1 spiro atoms. The Morgan fingerprint density at radius 3 is 3.16 bits per heavy atom. The number of ether oxygens (including phenoxy) is 1. The molecular weight excluding hydrogens is 319 g/mol. The molecule has 3 heterocycles. The molecule has 2 saturated heterocycles. The van der Waals surface area contributed by atoms with Gasteiger partial charge in [0.25, 0.3) is 0 Å². The summed E-state index contributed by atoms with van der Waals surface area (Å²) in [5.41, 5.74) is 0.736. The van der Waals surface area contributed by atoms with Crippen molar-refractivity contribution in [2.24, 2.45) is 7.05 Å². The van der Waals surface area contributed by atoms with Gasteiger partial charge in [-0.15, -0.1) is 0 Å². The fourth-order valence-electron chi connectivity index (χ4n) is 4.11. The van der Waals surface area contributed by atoms with Crippen LogP contribution in [0.5, 0.6) is 0 Å². The standard InChI is InChI=1S/C19H25FN4O/c1-23-9-7-21-18(23)12-24-8-3-6-19(14-24)11-17(13-25-19)22-16-5-2-4-15(20)10-16/h2,4-5,7,9-10,17,22H,3,6,8,11-14H2,1H3. The summed E-state index contributed by atoms with van der Waals surface area (Å²) in [6.07, 6.45) is 7.02. The molecule has 4 rings (SSSR count). The maximum atomic E-state index is 13.4. The number of imidazole rings is 1. The number of rotatable bonds is 4. The van der Waals surface area contributed by atoms with Crippen molar-refractivity contribution in [1.29, 1.82) is 0 Å². The van der Waals surface area contributed by atoms with E-state index in [0.29, 0.717) is 6.61 Å². The van der Waals surface area contributed by atoms with Crippen LogP contribution in [0.3, 0.4) is 0 Å². The third-order valence-corrected chi connectivity index (χ3v) is 5.31. The number of aromatic nitrogens is 2. The molecule has 5 nitrogen and oxygen atoms in total. The van der Waals surface area contributed by atoms with Gasteiger partial charge in [0.2, 0.25) is 0 Å². The Hall–Kier alpha value is -1.92. The number of benzene rings is 1. The van der Waals surface area contributed by atoms with Crippen LogP contribution < -0.4 is 5.32 Å². The lowest BCUT2D eigenvalue weighted by atomic mass is 9.88. The van der Waals surface area contributed by atoms with Crippen LogP contribution in [-0.4, -0.2) is 45.8 Å². The Morgan fingerprint density at radius 1 is 1.44 bits per heavy atom.